The Morgan fingerprint density at radius 2 is 1.21 bits per heavy atom. The van der Waals surface area contributed by atoms with Crippen molar-refractivity contribution in [3.63, 3.8) is 0 Å². The van der Waals surface area contributed by atoms with E-state index in [0.29, 0.717) is 4.90 Å². The Balaban J connectivity index is 1.88. The smallest absolute Gasteiger partial charge is 0.125 e. The monoisotopic (exact) mass is 411 g/mol. The van der Waals surface area contributed by atoms with Gasteiger partial charge in [-0.15, -0.1) is 0 Å². The molecule has 146 valence electrons. The van der Waals surface area contributed by atoms with Gasteiger partial charge in [0.05, 0.1) is 27.0 Å². The van der Waals surface area contributed by atoms with Crippen LogP contribution in [0.3, 0.4) is 0 Å². The molecular weight excluding hydrogens is 386 g/mol. The van der Waals surface area contributed by atoms with E-state index in [9.17, 15) is 8.42 Å². The number of rotatable bonds is 7. The molecule has 3 nitrogen and oxygen atoms in total. The summed E-state index contributed by atoms with van der Waals surface area (Å²) >= 11 is 0. The Morgan fingerprint density at radius 3 is 1.75 bits per heavy atom. The molecule has 1 N–H and O–H groups in total. The van der Waals surface area contributed by atoms with Crippen LogP contribution in [0.1, 0.15) is 29.7 Å². The van der Waals surface area contributed by atoms with Gasteiger partial charge < -0.3 is 0 Å². The van der Waals surface area contributed by atoms with Crippen LogP contribution in [0.2, 0.25) is 0 Å². The van der Waals surface area contributed by atoms with Gasteiger partial charge in [0.15, 0.2) is 0 Å². The standard InChI is InChI=1S/C23H25NO2S2/c1-17-9-13-21(14-10-17)27(25)19(3)23(20-7-5-4-6-8-20)24-28(26)22-15-11-18(2)12-16-22/h4-16,19,23-24H,1-3H3/t19-,23+,27?,28?/m0/s1. The highest BCUT2D eigenvalue weighted by molar-refractivity contribution is 7.86. The number of aryl methyl sites for hydroxylation is 2. The van der Waals surface area contributed by atoms with E-state index in [1.54, 1.807) is 0 Å². The molecule has 0 fully saturated rings. The van der Waals surface area contributed by atoms with E-state index in [-0.39, 0.29) is 11.3 Å². The van der Waals surface area contributed by atoms with Crippen molar-refractivity contribution in [2.24, 2.45) is 0 Å². The van der Waals surface area contributed by atoms with Gasteiger partial charge in [-0.2, -0.15) is 0 Å². The van der Waals surface area contributed by atoms with Gasteiger partial charge in [-0.05, 0) is 50.6 Å². The van der Waals surface area contributed by atoms with Crippen LogP contribution in [0.15, 0.2) is 88.7 Å². The van der Waals surface area contributed by atoms with Crippen molar-refractivity contribution in [3.8, 4) is 0 Å². The van der Waals surface area contributed by atoms with E-state index in [1.807, 2.05) is 99.6 Å². The fraction of sp³-hybridized carbons (Fsp3) is 0.217. The summed E-state index contributed by atoms with van der Waals surface area (Å²) in [5.41, 5.74) is 3.22. The van der Waals surface area contributed by atoms with Gasteiger partial charge in [0.2, 0.25) is 0 Å². The van der Waals surface area contributed by atoms with Crippen LogP contribution in [0.5, 0.6) is 0 Å². The molecule has 0 saturated carbocycles. The van der Waals surface area contributed by atoms with Crippen molar-refractivity contribution in [1.82, 2.24) is 4.72 Å². The van der Waals surface area contributed by atoms with E-state index in [2.05, 4.69) is 4.72 Å². The lowest BCUT2D eigenvalue weighted by Crippen LogP contribution is -2.34. The lowest BCUT2D eigenvalue weighted by molar-refractivity contribution is 0.602. The average molecular weight is 412 g/mol. The molecule has 0 bridgehead atoms. The van der Waals surface area contributed by atoms with Gasteiger partial charge in [-0.3, -0.25) is 4.21 Å². The van der Waals surface area contributed by atoms with E-state index < -0.39 is 21.8 Å². The molecule has 3 aromatic carbocycles. The minimum atomic E-state index is -1.40. The van der Waals surface area contributed by atoms with Gasteiger partial charge in [-0.1, -0.05) is 65.7 Å². The molecule has 2 unspecified atom stereocenters. The molecule has 0 radical (unpaired) electrons. The summed E-state index contributed by atoms with van der Waals surface area (Å²) in [6.07, 6.45) is 0. The zero-order chi connectivity index (χ0) is 20.1. The van der Waals surface area contributed by atoms with Crippen LogP contribution in [-0.4, -0.2) is 13.7 Å². The molecule has 5 heteroatoms. The second-order valence-electron chi connectivity index (χ2n) is 6.90. The second kappa shape index (κ2) is 9.41. The van der Waals surface area contributed by atoms with Gasteiger partial charge in [0, 0.05) is 4.90 Å². The summed E-state index contributed by atoms with van der Waals surface area (Å²) in [6.45, 7) is 5.95. The Kier molecular flexibility index (Phi) is 6.94. The molecule has 0 aliphatic rings. The SMILES string of the molecule is Cc1ccc(S(=O)N[C@@H](c2ccccc2)[C@H](C)S(=O)c2ccc(C)cc2)cc1. The Hall–Kier alpha value is -2.08. The summed E-state index contributed by atoms with van der Waals surface area (Å²) < 4.78 is 29.4. The molecule has 0 aliphatic carbocycles. The van der Waals surface area contributed by atoms with E-state index in [0.717, 1.165) is 21.6 Å². The maximum absolute atomic E-state index is 13.2. The summed E-state index contributed by atoms with van der Waals surface area (Å²) in [7, 11) is -2.64. The highest BCUT2D eigenvalue weighted by Crippen LogP contribution is 2.26. The third kappa shape index (κ3) is 5.04. The fourth-order valence-corrected chi connectivity index (χ4v) is 5.43. The molecule has 3 aromatic rings. The maximum atomic E-state index is 13.2. The zero-order valence-electron chi connectivity index (χ0n) is 16.3. The Bertz CT molecular complexity index is 954. The van der Waals surface area contributed by atoms with Crippen LogP contribution < -0.4 is 4.72 Å². The second-order valence-corrected chi connectivity index (χ2v) is 9.96. The Morgan fingerprint density at radius 1 is 0.714 bits per heavy atom. The molecule has 0 amide bonds. The Labute approximate surface area is 172 Å². The van der Waals surface area contributed by atoms with Gasteiger partial charge in [0.25, 0.3) is 0 Å². The summed E-state index contributed by atoms with van der Waals surface area (Å²) in [5, 5.41) is -0.264. The molecule has 0 aromatic heterocycles. The summed E-state index contributed by atoms with van der Waals surface area (Å²) in [4.78, 5) is 1.49. The van der Waals surface area contributed by atoms with E-state index in [4.69, 9.17) is 0 Å². The third-order valence-corrected chi connectivity index (χ3v) is 7.54. The highest BCUT2D eigenvalue weighted by Gasteiger charge is 2.27. The molecular formula is C23H25NO2S2. The molecule has 0 spiro atoms. The van der Waals surface area contributed by atoms with Gasteiger partial charge in [-0.25, -0.2) is 8.93 Å². The predicted molar refractivity (Wildman–Crippen MR) is 117 cm³/mol. The van der Waals surface area contributed by atoms with Crippen molar-refractivity contribution in [1.29, 1.82) is 0 Å². The highest BCUT2D eigenvalue weighted by atomic mass is 32.2. The zero-order valence-corrected chi connectivity index (χ0v) is 17.9. The van der Waals surface area contributed by atoms with Crippen molar-refractivity contribution in [2.45, 2.75) is 41.9 Å². The molecule has 4 atom stereocenters. The lowest BCUT2D eigenvalue weighted by Gasteiger charge is -2.25. The first kappa shape index (κ1) is 20.6. The van der Waals surface area contributed by atoms with Crippen LogP contribution in [0, 0.1) is 13.8 Å². The van der Waals surface area contributed by atoms with Crippen molar-refractivity contribution in [3.05, 3.63) is 95.6 Å². The first-order valence-electron chi connectivity index (χ1n) is 9.22. The van der Waals surface area contributed by atoms with Gasteiger partial charge >= 0.3 is 0 Å². The topological polar surface area (TPSA) is 46.2 Å². The molecule has 0 aliphatic heterocycles. The molecule has 3 rings (SSSR count). The predicted octanol–water partition coefficient (Wildman–Crippen LogP) is 4.85. The minimum Gasteiger partial charge on any atom is -0.254 e. The summed E-state index contributed by atoms with van der Waals surface area (Å²) in [5.74, 6) is 0. The first-order chi connectivity index (χ1) is 13.5. The summed E-state index contributed by atoms with van der Waals surface area (Å²) in [6, 6.07) is 24.8. The fourth-order valence-electron chi connectivity index (χ4n) is 2.95. The third-order valence-electron chi connectivity index (χ3n) is 4.69. The number of hydrogen-bond donors (Lipinski definition) is 1. The van der Waals surface area contributed by atoms with Gasteiger partial charge in [0.1, 0.15) is 11.0 Å². The van der Waals surface area contributed by atoms with Crippen LogP contribution in [0.4, 0.5) is 0 Å². The van der Waals surface area contributed by atoms with Crippen molar-refractivity contribution in [2.75, 3.05) is 0 Å². The number of nitrogens with one attached hydrogen (secondary N) is 1. The quantitative estimate of drug-likeness (QED) is 0.604. The van der Waals surface area contributed by atoms with Crippen LogP contribution in [0.25, 0.3) is 0 Å². The van der Waals surface area contributed by atoms with Crippen molar-refractivity contribution >= 4 is 21.8 Å². The number of hydrogen-bond acceptors (Lipinski definition) is 2. The average Bonchev–Trinajstić information content (AvgIpc) is 2.72. The van der Waals surface area contributed by atoms with Crippen molar-refractivity contribution < 1.29 is 8.42 Å². The van der Waals surface area contributed by atoms with Crippen LogP contribution >= 0.6 is 0 Å². The molecule has 0 saturated heterocycles. The number of benzene rings is 3. The van der Waals surface area contributed by atoms with Crippen LogP contribution in [-0.2, 0) is 21.8 Å². The normalized spacial score (nSPS) is 15.5. The maximum Gasteiger partial charge on any atom is 0.125 e. The molecule has 0 heterocycles. The van der Waals surface area contributed by atoms with E-state index in [1.165, 1.54) is 0 Å². The minimum absolute atomic E-state index is 0.264. The van der Waals surface area contributed by atoms with E-state index >= 15 is 0 Å². The largest absolute Gasteiger partial charge is 0.254 e. The molecule has 28 heavy (non-hydrogen) atoms. The first-order valence-corrected chi connectivity index (χ1v) is 11.6. The lowest BCUT2D eigenvalue weighted by atomic mass is 10.1.